The second-order valence-corrected chi connectivity index (χ2v) is 6.88. The molecule has 0 unspecified atom stereocenters. The number of hydrogen-bond acceptors (Lipinski definition) is 3. The summed E-state index contributed by atoms with van der Waals surface area (Å²) in [5, 5.41) is 3.61. The molecule has 1 saturated carbocycles. The molecule has 4 nitrogen and oxygen atoms in total. The molecular formula is C18H27N2O2+. The van der Waals surface area contributed by atoms with E-state index in [4.69, 9.17) is 9.47 Å². The lowest BCUT2D eigenvalue weighted by Gasteiger charge is -2.21. The third kappa shape index (κ3) is 4.07. The Kier molecular flexibility index (Phi) is 4.85. The molecule has 0 aromatic heterocycles. The summed E-state index contributed by atoms with van der Waals surface area (Å²) in [5.41, 5.74) is 0.734. The number of anilines is 1. The summed E-state index contributed by atoms with van der Waals surface area (Å²) in [6.07, 6.45) is 4.52. The van der Waals surface area contributed by atoms with Gasteiger partial charge >= 0.3 is 6.07 Å². The molecule has 1 fully saturated rings. The average molecular weight is 303 g/mol. The van der Waals surface area contributed by atoms with Gasteiger partial charge in [-0.2, -0.15) is 0 Å². The molecule has 1 aromatic rings. The minimum absolute atomic E-state index is 0.102. The molecule has 4 heteroatoms. The topological polar surface area (TPSA) is 34.8 Å². The number of ether oxygens (including phenoxy) is 2. The van der Waals surface area contributed by atoms with E-state index < -0.39 is 0 Å². The molecule has 0 radical (unpaired) electrons. The molecule has 0 saturated heterocycles. The van der Waals surface area contributed by atoms with E-state index >= 15 is 0 Å². The Morgan fingerprint density at radius 3 is 2.27 bits per heavy atom. The molecule has 1 aromatic carbocycles. The summed E-state index contributed by atoms with van der Waals surface area (Å²) in [5.74, 6) is 1.47. The van der Waals surface area contributed by atoms with Crippen LogP contribution in [0.2, 0.25) is 0 Å². The Bertz CT molecular complexity index is 573. The Balaban J connectivity index is 2.26. The van der Waals surface area contributed by atoms with E-state index in [2.05, 4.69) is 37.0 Å². The summed E-state index contributed by atoms with van der Waals surface area (Å²) >= 11 is 0. The molecule has 0 spiro atoms. The molecule has 0 atom stereocenters. The molecular weight excluding hydrogens is 276 g/mol. The van der Waals surface area contributed by atoms with Crippen molar-refractivity contribution in [1.29, 1.82) is 0 Å². The first kappa shape index (κ1) is 16.5. The van der Waals surface area contributed by atoms with Crippen LogP contribution in [0.3, 0.4) is 0 Å². The molecule has 1 N–H and O–H groups in total. The van der Waals surface area contributed by atoms with Gasteiger partial charge in [-0.3, -0.25) is 0 Å². The van der Waals surface area contributed by atoms with Gasteiger partial charge in [0.1, 0.15) is 0 Å². The van der Waals surface area contributed by atoms with Crippen LogP contribution in [0.1, 0.15) is 46.5 Å². The maximum absolute atomic E-state index is 5.38. The van der Waals surface area contributed by atoms with Gasteiger partial charge in [-0.1, -0.05) is 4.85 Å². The van der Waals surface area contributed by atoms with Gasteiger partial charge in [0.2, 0.25) is 0 Å². The average Bonchev–Trinajstić information content (AvgIpc) is 2.93. The van der Waals surface area contributed by atoms with Crippen LogP contribution in [0.5, 0.6) is 11.5 Å². The minimum Gasteiger partial charge on any atom is -0.493 e. The zero-order chi connectivity index (χ0) is 16.2. The lowest BCUT2D eigenvalue weighted by Crippen LogP contribution is -2.33. The summed E-state index contributed by atoms with van der Waals surface area (Å²) in [6, 6.07) is 9.30. The monoisotopic (exact) mass is 303 g/mol. The van der Waals surface area contributed by atoms with Gasteiger partial charge in [-0.25, -0.2) is 0 Å². The second-order valence-electron chi connectivity index (χ2n) is 6.88. The predicted molar refractivity (Wildman–Crippen MR) is 91.4 cm³/mol. The van der Waals surface area contributed by atoms with Gasteiger partial charge in [-0.05, 0) is 37.8 Å². The van der Waals surface area contributed by atoms with E-state index in [1.165, 1.54) is 12.8 Å². The normalized spacial score (nSPS) is 16.6. The third-order valence-electron chi connectivity index (χ3n) is 3.83. The van der Waals surface area contributed by atoms with Gasteiger partial charge in [-0.15, -0.1) is 0 Å². The number of nitrogens with one attached hydrogen (secondary N) is 1. The SMILES string of the molecule is COc1ccc(NC2(C#[N+]C(C)(C)C)CCCC2)cc1OC. The molecule has 0 heterocycles. The van der Waals surface area contributed by atoms with E-state index in [1.807, 2.05) is 18.2 Å². The third-order valence-corrected chi connectivity index (χ3v) is 3.83. The fourth-order valence-corrected chi connectivity index (χ4v) is 2.71. The van der Waals surface area contributed by atoms with E-state index in [9.17, 15) is 0 Å². The predicted octanol–water partition coefficient (Wildman–Crippen LogP) is 4.56. The number of hydrogen-bond donors (Lipinski definition) is 1. The first-order chi connectivity index (χ1) is 10.4. The fourth-order valence-electron chi connectivity index (χ4n) is 2.71. The molecule has 1 aliphatic rings. The highest BCUT2D eigenvalue weighted by Gasteiger charge is 2.39. The van der Waals surface area contributed by atoms with E-state index in [0.29, 0.717) is 0 Å². The Hall–Kier alpha value is -1.89. The van der Waals surface area contributed by atoms with Crippen LogP contribution in [0.4, 0.5) is 5.69 Å². The Morgan fingerprint density at radius 2 is 1.73 bits per heavy atom. The first-order valence-electron chi connectivity index (χ1n) is 7.87. The van der Waals surface area contributed by atoms with Crippen LogP contribution in [0.15, 0.2) is 18.2 Å². The summed E-state index contributed by atoms with van der Waals surface area (Å²) in [7, 11) is 3.30. The zero-order valence-electron chi connectivity index (χ0n) is 14.3. The van der Waals surface area contributed by atoms with Crippen molar-refractivity contribution in [1.82, 2.24) is 0 Å². The molecule has 22 heavy (non-hydrogen) atoms. The fraction of sp³-hybridized carbons (Fsp3) is 0.611. The molecule has 0 aliphatic heterocycles. The Labute approximate surface area is 133 Å². The molecule has 1 aliphatic carbocycles. The van der Waals surface area contributed by atoms with Crippen LogP contribution in [-0.2, 0) is 0 Å². The molecule has 120 valence electrons. The van der Waals surface area contributed by atoms with Crippen molar-refractivity contribution in [3.8, 4) is 17.6 Å². The van der Waals surface area contributed by atoms with Gasteiger partial charge in [0.25, 0.3) is 5.54 Å². The summed E-state index contributed by atoms with van der Waals surface area (Å²) < 4.78 is 10.7. The highest BCUT2D eigenvalue weighted by Crippen LogP contribution is 2.36. The second kappa shape index (κ2) is 6.48. The quantitative estimate of drug-likeness (QED) is 0.885. The van der Waals surface area contributed by atoms with E-state index in [1.54, 1.807) is 14.2 Å². The number of benzene rings is 1. The van der Waals surface area contributed by atoms with Crippen LogP contribution in [0.25, 0.3) is 4.85 Å². The maximum Gasteiger partial charge on any atom is 0.302 e. The highest BCUT2D eigenvalue weighted by atomic mass is 16.5. The molecule has 0 amide bonds. The number of methoxy groups -OCH3 is 2. The van der Waals surface area contributed by atoms with Crippen molar-refractivity contribution in [2.45, 2.75) is 57.5 Å². The lowest BCUT2D eigenvalue weighted by atomic mass is 9.98. The van der Waals surface area contributed by atoms with Crippen molar-refractivity contribution in [3.63, 3.8) is 0 Å². The van der Waals surface area contributed by atoms with Crippen molar-refractivity contribution in [2.75, 3.05) is 19.5 Å². The van der Waals surface area contributed by atoms with Gasteiger partial charge in [0.05, 0.1) is 14.2 Å². The van der Waals surface area contributed by atoms with Crippen LogP contribution in [-0.4, -0.2) is 25.3 Å². The van der Waals surface area contributed by atoms with E-state index in [0.717, 1.165) is 30.0 Å². The van der Waals surface area contributed by atoms with Crippen LogP contribution in [0, 0.1) is 6.07 Å². The smallest absolute Gasteiger partial charge is 0.302 e. The Morgan fingerprint density at radius 1 is 1.09 bits per heavy atom. The number of rotatable bonds is 4. The molecule has 0 bridgehead atoms. The van der Waals surface area contributed by atoms with Crippen LogP contribution < -0.4 is 14.8 Å². The maximum atomic E-state index is 5.38. The standard InChI is InChI=1S/C18H27N2O2/c1-17(2,3)19-13-18(10-6-7-11-18)20-14-8-9-15(21-4)16(12-14)22-5/h8-9,12,20H,6-7,10-11H2,1-5H3/q+1. The largest absolute Gasteiger partial charge is 0.493 e. The summed E-state index contributed by atoms with van der Waals surface area (Å²) in [4.78, 5) is 4.61. The lowest BCUT2D eigenvalue weighted by molar-refractivity contribution is 0.355. The zero-order valence-corrected chi connectivity index (χ0v) is 14.3. The molecule has 2 rings (SSSR count). The van der Waals surface area contributed by atoms with Gasteiger partial charge in [0.15, 0.2) is 17.0 Å². The minimum atomic E-state index is -0.174. The van der Waals surface area contributed by atoms with E-state index in [-0.39, 0.29) is 11.1 Å². The van der Waals surface area contributed by atoms with Crippen molar-refractivity contribution in [3.05, 3.63) is 23.0 Å². The van der Waals surface area contributed by atoms with Crippen molar-refractivity contribution in [2.24, 2.45) is 0 Å². The van der Waals surface area contributed by atoms with Gasteiger partial charge < -0.3 is 14.8 Å². The van der Waals surface area contributed by atoms with Crippen molar-refractivity contribution >= 4 is 5.69 Å². The number of nitrogens with zero attached hydrogens (tertiary/aromatic N) is 1. The van der Waals surface area contributed by atoms with Crippen LogP contribution >= 0.6 is 0 Å². The van der Waals surface area contributed by atoms with Gasteiger partial charge in [0, 0.05) is 32.5 Å². The highest BCUT2D eigenvalue weighted by molar-refractivity contribution is 5.57. The first-order valence-corrected chi connectivity index (χ1v) is 7.87. The summed E-state index contributed by atoms with van der Waals surface area (Å²) in [6.45, 7) is 6.29. The van der Waals surface area contributed by atoms with Crippen molar-refractivity contribution < 1.29 is 9.47 Å².